The fourth-order valence-corrected chi connectivity index (χ4v) is 2.33. The first-order chi connectivity index (χ1) is 9.19. The van der Waals surface area contributed by atoms with E-state index in [1.54, 1.807) is 7.11 Å². The topological polar surface area (TPSA) is 47.6 Å². The number of hydrogen-bond donors (Lipinski definition) is 1. The summed E-state index contributed by atoms with van der Waals surface area (Å²) in [6.45, 7) is 4.33. The van der Waals surface area contributed by atoms with E-state index < -0.39 is 0 Å². The maximum atomic E-state index is 12.1. The van der Waals surface area contributed by atoms with Gasteiger partial charge in [0.05, 0.1) is 19.8 Å². The number of carbonyl (C=O) groups excluding carboxylic acids is 1. The number of aryl methyl sites for hydroxylation is 1. The first-order valence-electron chi connectivity index (χ1n) is 6.66. The summed E-state index contributed by atoms with van der Waals surface area (Å²) < 4.78 is 10.8. The van der Waals surface area contributed by atoms with E-state index in [4.69, 9.17) is 9.47 Å². The van der Waals surface area contributed by atoms with Gasteiger partial charge in [-0.3, -0.25) is 4.79 Å². The molecule has 4 nitrogen and oxygen atoms in total. The highest BCUT2D eigenvalue weighted by atomic mass is 16.5. The van der Waals surface area contributed by atoms with Gasteiger partial charge in [0.1, 0.15) is 11.5 Å². The Morgan fingerprint density at radius 3 is 3.05 bits per heavy atom. The third-order valence-electron chi connectivity index (χ3n) is 3.28. The Bertz CT molecular complexity index is 439. The number of ether oxygens (including phenoxy) is 2. The van der Waals surface area contributed by atoms with Crippen molar-refractivity contribution >= 4 is 5.78 Å². The molecule has 0 aromatic heterocycles. The van der Waals surface area contributed by atoms with E-state index >= 15 is 0 Å². The van der Waals surface area contributed by atoms with Crippen molar-refractivity contribution in [3.05, 3.63) is 29.3 Å². The largest absolute Gasteiger partial charge is 0.496 e. The molecular formula is C15H21NO3. The molecule has 0 bridgehead atoms. The maximum absolute atomic E-state index is 12.1. The number of rotatable bonds is 5. The Balaban J connectivity index is 1.95. The van der Waals surface area contributed by atoms with Crippen molar-refractivity contribution in [3.63, 3.8) is 0 Å². The number of morpholine rings is 1. The van der Waals surface area contributed by atoms with Crippen LogP contribution in [0.3, 0.4) is 0 Å². The van der Waals surface area contributed by atoms with Gasteiger partial charge in [0.15, 0.2) is 0 Å². The molecule has 0 radical (unpaired) electrons. The minimum Gasteiger partial charge on any atom is -0.496 e. The van der Waals surface area contributed by atoms with E-state index in [2.05, 4.69) is 5.32 Å². The summed E-state index contributed by atoms with van der Waals surface area (Å²) in [4.78, 5) is 12.1. The van der Waals surface area contributed by atoms with Crippen LogP contribution in [0.2, 0.25) is 0 Å². The number of carbonyl (C=O) groups is 1. The molecule has 1 aliphatic rings. The molecule has 1 fully saturated rings. The average Bonchev–Trinajstić information content (AvgIpc) is 2.40. The second-order valence-electron chi connectivity index (χ2n) is 4.93. The number of nitrogens with one attached hydrogen (secondary N) is 1. The second-order valence-corrected chi connectivity index (χ2v) is 4.93. The number of Topliss-reactive ketones (excluding diaryl/α,β-unsaturated/α-hetero) is 1. The molecule has 1 atom stereocenters. The molecule has 1 aliphatic heterocycles. The molecule has 1 aromatic rings. The van der Waals surface area contributed by atoms with Crippen molar-refractivity contribution in [2.45, 2.75) is 25.9 Å². The van der Waals surface area contributed by atoms with Crippen molar-refractivity contribution in [1.82, 2.24) is 5.32 Å². The molecule has 1 saturated heterocycles. The molecule has 0 saturated carbocycles. The lowest BCUT2D eigenvalue weighted by Crippen LogP contribution is -2.39. The van der Waals surface area contributed by atoms with Crippen LogP contribution in [0.25, 0.3) is 0 Å². The van der Waals surface area contributed by atoms with E-state index in [0.29, 0.717) is 19.4 Å². The lowest BCUT2D eigenvalue weighted by atomic mass is 10.0. The highest BCUT2D eigenvalue weighted by Gasteiger charge is 2.18. The standard InChI is InChI=1S/C15H21NO3/c1-11-3-4-15(18-2)12(7-11)8-13(17)9-14-10-16-5-6-19-14/h3-4,7,14,16H,5-6,8-10H2,1-2H3. The molecule has 19 heavy (non-hydrogen) atoms. The molecule has 4 heteroatoms. The lowest BCUT2D eigenvalue weighted by molar-refractivity contribution is -0.121. The van der Waals surface area contributed by atoms with Crippen LogP contribution in [0, 0.1) is 6.92 Å². The van der Waals surface area contributed by atoms with Crippen LogP contribution in [-0.2, 0) is 16.0 Å². The molecule has 0 amide bonds. The van der Waals surface area contributed by atoms with Crippen LogP contribution in [0.1, 0.15) is 17.5 Å². The monoisotopic (exact) mass is 263 g/mol. The molecule has 1 N–H and O–H groups in total. The number of ketones is 1. The normalized spacial score (nSPS) is 19.2. The summed E-state index contributed by atoms with van der Waals surface area (Å²) in [7, 11) is 1.63. The van der Waals surface area contributed by atoms with Gasteiger partial charge in [-0.2, -0.15) is 0 Å². The van der Waals surface area contributed by atoms with Gasteiger partial charge in [0, 0.05) is 31.5 Å². The fraction of sp³-hybridized carbons (Fsp3) is 0.533. The Morgan fingerprint density at radius 2 is 2.37 bits per heavy atom. The minimum atomic E-state index is 0.0112. The van der Waals surface area contributed by atoms with Crippen LogP contribution in [0.4, 0.5) is 0 Å². The molecule has 1 aromatic carbocycles. The molecule has 0 aliphatic carbocycles. The number of hydrogen-bond acceptors (Lipinski definition) is 4. The highest BCUT2D eigenvalue weighted by Crippen LogP contribution is 2.21. The Labute approximate surface area is 114 Å². The van der Waals surface area contributed by atoms with Crippen LogP contribution >= 0.6 is 0 Å². The molecule has 2 rings (SSSR count). The van der Waals surface area contributed by atoms with Gasteiger partial charge in [0.2, 0.25) is 0 Å². The quantitative estimate of drug-likeness (QED) is 0.874. The van der Waals surface area contributed by atoms with Gasteiger partial charge in [-0.1, -0.05) is 17.7 Å². The zero-order valence-corrected chi connectivity index (χ0v) is 11.6. The zero-order chi connectivity index (χ0) is 13.7. The number of methoxy groups -OCH3 is 1. The van der Waals surface area contributed by atoms with Gasteiger partial charge in [-0.05, 0) is 13.0 Å². The van der Waals surface area contributed by atoms with Crippen LogP contribution in [0.15, 0.2) is 18.2 Å². The summed E-state index contributed by atoms with van der Waals surface area (Å²) >= 11 is 0. The molecule has 1 unspecified atom stereocenters. The average molecular weight is 263 g/mol. The number of benzene rings is 1. The second kappa shape index (κ2) is 6.68. The third-order valence-corrected chi connectivity index (χ3v) is 3.28. The Morgan fingerprint density at radius 1 is 1.53 bits per heavy atom. The summed E-state index contributed by atoms with van der Waals surface area (Å²) in [6.07, 6.45) is 0.881. The lowest BCUT2D eigenvalue weighted by Gasteiger charge is -2.23. The van der Waals surface area contributed by atoms with E-state index in [-0.39, 0.29) is 11.9 Å². The van der Waals surface area contributed by atoms with Crippen molar-refractivity contribution in [3.8, 4) is 5.75 Å². The highest BCUT2D eigenvalue weighted by molar-refractivity contribution is 5.82. The predicted molar refractivity (Wildman–Crippen MR) is 73.7 cm³/mol. The molecule has 0 spiro atoms. The van der Waals surface area contributed by atoms with E-state index in [1.807, 2.05) is 25.1 Å². The SMILES string of the molecule is COc1ccc(C)cc1CC(=O)CC1CNCCO1. The minimum absolute atomic E-state index is 0.0112. The predicted octanol–water partition coefficient (Wildman–Crippen LogP) is 1.49. The summed E-state index contributed by atoms with van der Waals surface area (Å²) in [6, 6.07) is 5.91. The maximum Gasteiger partial charge on any atom is 0.140 e. The Kier molecular flexibility index (Phi) is 4.93. The summed E-state index contributed by atoms with van der Waals surface area (Å²) in [5.74, 6) is 0.972. The van der Waals surface area contributed by atoms with E-state index in [0.717, 1.165) is 30.0 Å². The van der Waals surface area contributed by atoms with Crippen molar-refractivity contribution in [2.75, 3.05) is 26.8 Å². The van der Waals surface area contributed by atoms with E-state index in [1.165, 1.54) is 0 Å². The first-order valence-corrected chi connectivity index (χ1v) is 6.66. The van der Waals surface area contributed by atoms with Crippen molar-refractivity contribution in [1.29, 1.82) is 0 Å². The van der Waals surface area contributed by atoms with Gasteiger partial charge >= 0.3 is 0 Å². The Hall–Kier alpha value is -1.39. The van der Waals surface area contributed by atoms with Crippen LogP contribution in [-0.4, -0.2) is 38.7 Å². The van der Waals surface area contributed by atoms with Gasteiger partial charge in [0.25, 0.3) is 0 Å². The first kappa shape index (κ1) is 14.0. The molecule has 104 valence electrons. The van der Waals surface area contributed by atoms with Crippen LogP contribution in [0.5, 0.6) is 5.75 Å². The molecule has 1 heterocycles. The molecular weight excluding hydrogens is 242 g/mol. The fourth-order valence-electron chi connectivity index (χ4n) is 2.33. The summed E-state index contributed by atoms with van der Waals surface area (Å²) in [5, 5.41) is 3.23. The van der Waals surface area contributed by atoms with E-state index in [9.17, 15) is 4.79 Å². The van der Waals surface area contributed by atoms with Gasteiger partial charge in [-0.25, -0.2) is 0 Å². The van der Waals surface area contributed by atoms with Gasteiger partial charge in [-0.15, -0.1) is 0 Å². The summed E-state index contributed by atoms with van der Waals surface area (Å²) in [5.41, 5.74) is 2.09. The third kappa shape index (κ3) is 4.04. The smallest absolute Gasteiger partial charge is 0.140 e. The van der Waals surface area contributed by atoms with Crippen molar-refractivity contribution < 1.29 is 14.3 Å². The van der Waals surface area contributed by atoms with Gasteiger partial charge < -0.3 is 14.8 Å². The zero-order valence-electron chi connectivity index (χ0n) is 11.6. The van der Waals surface area contributed by atoms with Crippen LogP contribution < -0.4 is 10.1 Å². The van der Waals surface area contributed by atoms with Crippen molar-refractivity contribution in [2.24, 2.45) is 0 Å².